The van der Waals surface area contributed by atoms with Crippen LogP contribution in [0.2, 0.25) is 10.0 Å². The summed E-state index contributed by atoms with van der Waals surface area (Å²) in [4.78, 5) is 25.5. The fraction of sp³-hybridized carbons (Fsp3) is 0.350. The highest BCUT2D eigenvalue weighted by molar-refractivity contribution is 6.35. The molecule has 0 aromatic heterocycles. The van der Waals surface area contributed by atoms with E-state index in [1.807, 2.05) is 0 Å². The van der Waals surface area contributed by atoms with Crippen molar-refractivity contribution in [3.63, 3.8) is 0 Å². The first kappa shape index (κ1) is 20.6. The molecule has 1 N–H and O–H groups in total. The topological polar surface area (TPSA) is 71.0 Å². The highest BCUT2D eigenvalue weighted by Crippen LogP contribution is 2.35. The second-order valence-corrected chi connectivity index (χ2v) is 7.68. The number of carbonyl (C=O) groups excluding carboxylic acids is 1. The molecule has 6 nitrogen and oxygen atoms in total. The molecule has 148 valence electrons. The first-order valence-corrected chi connectivity index (χ1v) is 9.80. The zero-order chi connectivity index (χ0) is 20.1. The van der Waals surface area contributed by atoms with Crippen LogP contribution in [0, 0.1) is 4.91 Å². The molecule has 1 aliphatic heterocycles. The van der Waals surface area contributed by atoms with Crippen molar-refractivity contribution in [2.45, 2.75) is 25.3 Å². The molecule has 0 radical (unpaired) electrons. The molecule has 1 unspecified atom stereocenters. The Kier molecular flexibility index (Phi) is 6.88. The van der Waals surface area contributed by atoms with Crippen LogP contribution in [-0.2, 0) is 4.74 Å². The third-order valence-corrected chi connectivity index (χ3v) is 5.31. The second kappa shape index (κ2) is 9.37. The van der Waals surface area contributed by atoms with E-state index in [1.54, 1.807) is 30.3 Å². The summed E-state index contributed by atoms with van der Waals surface area (Å²) in [6, 6.07) is 10.1. The van der Waals surface area contributed by atoms with Gasteiger partial charge in [0.2, 0.25) is 0 Å². The standard InChI is InChI=1S/C20H21Cl2N3O3/c1-25-7-2-3-17(25)6-8-28-20(26)23-19-5-4-16(24-27)12-18(19)13-9-14(21)11-15(22)10-13/h4-5,9-12,17H,2-3,6-8H2,1H3,(H,23,26). The molecule has 0 saturated carbocycles. The van der Waals surface area contributed by atoms with E-state index in [1.165, 1.54) is 12.5 Å². The molecule has 0 spiro atoms. The van der Waals surface area contributed by atoms with Crippen LogP contribution >= 0.6 is 23.2 Å². The third kappa shape index (κ3) is 5.22. The number of ether oxygens (including phenoxy) is 1. The van der Waals surface area contributed by atoms with Gasteiger partial charge in [-0.2, -0.15) is 0 Å². The first-order valence-electron chi connectivity index (χ1n) is 9.04. The monoisotopic (exact) mass is 421 g/mol. The van der Waals surface area contributed by atoms with E-state index in [2.05, 4.69) is 22.4 Å². The Balaban J connectivity index is 1.72. The van der Waals surface area contributed by atoms with Crippen molar-refractivity contribution in [2.24, 2.45) is 5.18 Å². The van der Waals surface area contributed by atoms with Crippen molar-refractivity contribution in [3.05, 3.63) is 51.4 Å². The summed E-state index contributed by atoms with van der Waals surface area (Å²) < 4.78 is 5.34. The minimum Gasteiger partial charge on any atom is -0.449 e. The average molecular weight is 422 g/mol. The highest BCUT2D eigenvalue weighted by atomic mass is 35.5. The van der Waals surface area contributed by atoms with Gasteiger partial charge in [-0.05, 0) is 80.0 Å². The molecule has 0 aliphatic carbocycles. The summed E-state index contributed by atoms with van der Waals surface area (Å²) >= 11 is 12.2. The molecule has 3 rings (SSSR count). The fourth-order valence-electron chi connectivity index (χ4n) is 3.42. The SMILES string of the molecule is CN1CCCC1CCOC(=O)Nc1ccc(N=O)cc1-c1cc(Cl)cc(Cl)c1. The molecular weight excluding hydrogens is 401 g/mol. The van der Waals surface area contributed by atoms with E-state index in [4.69, 9.17) is 27.9 Å². The summed E-state index contributed by atoms with van der Waals surface area (Å²) in [5, 5.41) is 6.58. The van der Waals surface area contributed by atoms with Gasteiger partial charge in [-0.3, -0.25) is 5.32 Å². The van der Waals surface area contributed by atoms with E-state index >= 15 is 0 Å². The van der Waals surface area contributed by atoms with E-state index < -0.39 is 6.09 Å². The van der Waals surface area contributed by atoms with Crippen LogP contribution in [0.25, 0.3) is 11.1 Å². The number of nitroso groups, excluding NO2 is 1. The number of nitrogens with one attached hydrogen (secondary N) is 1. The van der Waals surface area contributed by atoms with Crippen LogP contribution in [0.15, 0.2) is 41.6 Å². The van der Waals surface area contributed by atoms with Crippen LogP contribution in [0.3, 0.4) is 0 Å². The van der Waals surface area contributed by atoms with Gasteiger partial charge in [-0.25, -0.2) is 4.79 Å². The number of halogens is 2. The lowest BCUT2D eigenvalue weighted by atomic mass is 10.0. The maximum absolute atomic E-state index is 12.3. The number of amides is 1. The first-order chi connectivity index (χ1) is 13.5. The zero-order valence-corrected chi connectivity index (χ0v) is 17.0. The van der Waals surface area contributed by atoms with Crippen LogP contribution in [0.5, 0.6) is 0 Å². The maximum Gasteiger partial charge on any atom is 0.411 e. The van der Waals surface area contributed by atoms with Crippen molar-refractivity contribution in [1.82, 2.24) is 4.90 Å². The zero-order valence-electron chi connectivity index (χ0n) is 15.5. The fourth-order valence-corrected chi connectivity index (χ4v) is 3.95. The Bertz CT molecular complexity index is 856. The highest BCUT2D eigenvalue weighted by Gasteiger charge is 2.21. The molecular formula is C20H21Cl2N3O3. The molecule has 1 amide bonds. The van der Waals surface area contributed by atoms with Crippen molar-refractivity contribution in [3.8, 4) is 11.1 Å². The molecule has 28 heavy (non-hydrogen) atoms. The lowest BCUT2D eigenvalue weighted by Crippen LogP contribution is -2.27. The number of hydrogen-bond donors (Lipinski definition) is 1. The quantitative estimate of drug-likeness (QED) is 0.572. The summed E-state index contributed by atoms with van der Waals surface area (Å²) in [6.45, 7) is 1.42. The lowest BCUT2D eigenvalue weighted by Gasteiger charge is -2.19. The minimum atomic E-state index is -0.554. The molecule has 1 atom stereocenters. The maximum atomic E-state index is 12.3. The normalized spacial score (nSPS) is 16.8. The second-order valence-electron chi connectivity index (χ2n) is 6.81. The Labute approximate surface area is 173 Å². The summed E-state index contributed by atoms with van der Waals surface area (Å²) in [6.07, 6.45) is 2.55. The number of carbonyl (C=O) groups is 1. The molecule has 1 heterocycles. The van der Waals surface area contributed by atoms with Gasteiger partial charge in [-0.1, -0.05) is 23.2 Å². The van der Waals surface area contributed by atoms with E-state index in [9.17, 15) is 9.70 Å². The summed E-state index contributed by atoms with van der Waals surface area (Å²) in [7, 11) is 2.09. The molecule has 0 bridgehead atoms. The lowest BCUT2D eigenvalue weighted by molar-refractivity contribution is 0.147. The molecule has 2 aromatic carbocycles. The number of nitrogens with zero attached hydrogens (tertiary/aromatic N) is 2. The van der Waals surface area contributed by atoms with E-state index in [-0.39, 0.29) is 5.69 Å². The Hall–Kier alpha value is -2.15. The van der Waals surface area contributed by atoms with Gasteiger partial charge in [0.25, 0.3) is 0 Å². The van der Waals surface area contributed by atoms with Gasteiger partial charge in [0.1, 0.15) is 5.69 Å². The summed E-state index contributed by atoms with van der Waals surface area (Å²) in [5.41, 5.74) is 1.95. The van der Waals surface area contributed by atoms with Gasteiger partial charge in [0.15, 0.2) is 0 Å². The molecule has 1 fully saturated rings. The van der Waals surface area contributed by atoms with Crippen molar-refractivity contribution < 1.29 is 9.53 Å². The number of benzene rings is 2. The van der Waals surface area contributed by atoms with E-state index in [0.29, 0.717) is 39.5 Å². The van der Waals surface area contributed by atoms with Gasteiger partial charge in [-0.15, -0.1) is 4.91 Å². The molecule has 8 heteroatoms. The minimum absolute atomic E-state index is 0.231. The molecule has 1 saturated heterocycles. The Morgan fingerprint density at radius 3 is 2.64 bits per heavy atom. The van der Waals surface area contributed by atoms with Crippen LogP contribution in [0.4, 0.5) is 16.2 Å². The van der Waals surface area contributed by atoms with Gasteiger partial charge < -0.3 is 9.64 Å². The molecule has 1 aliphatic rings. The molecule has 2 aromatic rings. The Morgan fingerprint density at radius 2 is 2.00 bits per heavy atom. The Morgan fingerprint density at radius 1 is 1.25 bits per heavy atom. The average Bonchev–Trinajstić information content (AvgIpc) is 3.06. The summed E-state index contributed by atoms with van der Waals surface area (Å²) in [5.74, 6) is 0. The van der Waals surface area contributed by atoms with Gasteiger partial charge in [0.05, 0.1) is 12.3 Å². The number of rotatable bonds is 6. The van der Waals surface area contributed by atoms with Crippen molar-refractivity contribution >= 4 is 40.7 Å². The number of anilines is 1. The van der Waals surface area contributed by atoms with E-state index in [0.717, 1.165) is 19.4 Å². The van der Waals surface area contributed by atoms with Gasteiger partial charge >= 0.3 is 6.09 Å². The van der Waals surface area contributed by atoms with Crippen molar-refractivity contribution in [1.29, 1.82) is 0 Å². The van der Waals surface area contributed by atoms with Gasteiger partial charge in [0, 0.05) is 21.7 Å². The van der Waals surface area contributed by atoms with Crippen LogP contribution in [-0.4, -0.2) is 37.2 Å². The third-order valence-electron chi connectivity index (χ3n) is 4.87. The van der Waals surface area contributed by atoms with Crippen LogP contribution in [0.1, 0.15) is 19.3 Å². The van der Waals surface area contributed by atoms with Crippen molar-refractivity contribution in [2.75, 3.05) is 25.5 Å². The number of hydrogen-bond acceptors (Lipinski definition) is 5. The smallest absolute Gasteiger partial charge is 0.411 e. The largest absolute Gasteiger partial charge is 0.449 e. The predicted molar refractivity (Wildman–Crippen MR) is 113 cm³/mol. The number of likely N-dealkylation sites (tertiary alicyclic amines) is 1. The predicted octanol–water partition coefficient (Wildman–Crippen LogP) is 6.09. The van der Waals surface area contributed by atoms with Crippen LogP contribution < -0.4 is 5.32 Å².